The Labute approximate surface area is 151 Å². The molecule has 3 rings (SSSR count). The maximum absolute atomic E-state index is 11.9. The van der Waals surface area contributed by atoms with Gasteiger partial charge in [0.25, 0.3) is 0 Å². The first-order valence-corrected chi connectivity index (χ1v) is 8.23. The Morgan fingerprint density at radius 1 is 0.960 bits per heavy atom. The van der Waals surface area contributed by atoms with E-state index in [9.17, 15) is 4.79 Å². The Morgan fingerprint density at radius 3 is 2.36 bits per heavy atom. The van der Waals surface area contributed by atoms with E-state index in [-0.39, 0.29) is 6.61 Å². The zero-order valence-electron chi connectivity index (χ0n) is 13.5. The number of pyridine rings is 1. The minimum atomic E-state index is -0.491. The number of hydrogen-bond acceptors (Lipinski definition) is 3. The van der Waals surface area contributed by atoms with Crippen LogP contribution in [0, 0.1) is 0 Å². The largest absolute Gasteiger partial charge is 0.444 e. The predicted octanol–water partition coefficient (Wildman–Crippen LogP) is 5.07. The molecule has 1 amide bonds. The summed E-state index contributed by atoms with van der Waals surface area (Å²) in [4.78, 5) is 16.0. The summed E-state index contributed by atoms with van der Waals surface area (Å²) in [5.41, 5.74) is 3.86. The fourth-order valence-electron chi connectivity index (χ4n) is 2.33. The second-order valence-electron chi connectivity index (χ2n) is 5.56. The van der Waals surface area contributed by atoms with Crippen molar-refractivity contribution >= 4 is 23.4 Å². The molecule has 0 saturated carbocycles. The van der Waals surface area contributed by atoms with Crippen molar-refractivity contribution in [2.45, 2.75) is 13.0 Å². The number of rotatable bonds is 5. The van der Waals surface area contributed by atoms with Crippen LogP contribution in [0.1, 0.15) is 16.7 Å². The molecule has 0 aliphatic heterocycles. The van der Waals surface area contributed by atoms with E-state index in [0.717, 1.165) is 23.1 Å². The van der Waals surface area contributed by atoms with Crippen LogP contribution in [0.15, 0.2) is 73.1 Å². The maximum Gasteiger partial charge on any atom is 0.411 e. The van der Waals surface area contributed by atoms with Gasteiger partial charge in [-0.25, -0.2) is 4.79 Å². The topological polar surface area (TPSA) is 51.2 Å². The fourth-order valence-corrected chi connectivity index (χ4v) is 2.45. The lowest BCUT2D eigenvalue weighted by Gasteiger charge is -2.08. The van der Waals surface area contributed by atoms with Gasteiger partial charge in [0.15, 0.2) is 0 Å². The summed E-state index contributed by atoms with van der Waals surface area (Å²) in [6, 6.07) is 18.8. The third-order valence-corrected chi connectivity index (χ3v) is 3.87. The van der Waals surface area contributed by atoms with Gasteiger partial charge in [0, 0.05) is 23.1 Å². The number of amides is 1. The zero-order chi connectivity index (χ0) is 17.5. The molecule has 0 radical (unpaired) electrons. The highest BCUT2D eigenvalue weighted by Crippen LogP contribution is 2.14. The average molecular weight is 353 g/mol. The summed E-state index contributed by atoms with van der Waals surface area (Å²) >= 11 is 5.82. The number of nitrogens with zero attached hydrogens (tertiary/aromatic N) is 1. The van der Waals surface area contributed by atoms with Crippen molar-refractivity contribution in [1.29, 1.82) is 0 Å². The van der Waals surface area contributed by atoms with Gasteiger partial charge in [0.1, 0.15) is 6.61 Å². The van der Waals surface area contributed by atoms with E-state index in [1.807, 2.05) is 54.7 Å². The fraction of sp³-hybridized carbons (Fsp3) is 0.100. The Morgan fingerprint density at radius 2 is 1.68 bits per heavy atom. The lowest BCUT2D eigenvalue weighted by atomic mass is 10.1. The number of anilines is 1. The molecule has 0 saturated heterocycles. The molecule has 0 fully saturated rings. The van der Waals surface area contributed by atoms with Crippen molar-refractivity contribution in [3.05, 3.63) is 94.8 Å². The van der Waals surface area contributed by atoms with Crippen LogP contribution in [0.5, 0.6) is 0 Å². The van der Waals surface area contributed by atoms with E-state index >= 15 is 0 Å². The molecule has 1 heterocycles. The number of nitrogens with one attached hydrogen (secondary N) is 1. The van der Waals surface area contributed by atoms with Crippen molar-refractivity contribution in [3.8, 4) is 0 Å². The molecule has 0 atom stereocenters. The van der Waals surface area contributed by atoms with E-state index in [1.165, 1.54) is 0 Å². The molecule has 0 aliphatic rings. The average Bonchev–Trinajstić information content (AvgIpc) is 2.64. The highest BCUT2D eigenvalue weighted by atomic mass is 35.5. The van der Waals surface area contributed by atoms with E-state index in [2.05, 4.69) is 10.3 Å². The molecule has 5 heteroatoms. The third-order valence-electron chi connectivity index (χ3n) is 3.61. The minimum Gasteiger partial charge on any atom is -0.444 e. The second-order valence-corrected chi connectivity index (χ2v) is 6.00. The number of halogens is 1. The Hall–Kier alpha value is -2.85. The van der Waals surface area contributed by atoms with Gasteiger partial charge in [-0.3, -0.25) is 10.3 Å². The van der Waals surface area contributed by atoms with Crippen LogP contribution in [0.3, 0.4) is 0 Å². The minimum absolute atomic E-state index is 0.197. The molecule has 0 unspecified atom stereocenters. The third kappa shape index (κ3) is 5.33. The molecule has 4 nitrogen and oxygen atoms in total. The molecular weight excluding hydrogens is 336 g/mol. The molecule has 25 heavy (non-hydrogen) atoms. The van der Waals surface area contributed by atoms with Crippen LogP contribution in [0.2, 0.25) is 5.02 Å². The first kappa shape index (κ1) is 17.0. The molecule has 0 bridgehead atoms. The van der Waals surface area contributed by atoms with E-state index in [1.54, 1.807) is 18.3 Å². The van der Waals surface area contributed by atoms with Crippen molar-refractivity contribution < 1.29 is 9.53 Å². The standard InChI is InChI=1S/C20H17ClN2O2/c21-18-7-3-16(4-8-18)14-25-20(24)23-19-9-5-15(6-10-19)12-17-2-1-11-22-13-17/h1-11,13H,12,14H2,(H,23,24). The number of carbonyl (C=O) groups excluding carboxylic acids is 1. The van der Waals surface area contributed by atoms with Gasteiger partial charge in [0.2, 0.25) is 0 Å². The SMILES string of the molecule is O=C(Nc1ccc(Cc2cccnc2)cc1)OCc1ccc(Cl)cc1. The molecule has 0 aliphatic carbocycles. The van der Waals surface area contributed by atoms with Crippen LogP contribution >= 0.6 is 11.6 Å². The number of hydrogen-bond donors (Lipinski definition) is 1. The number of carbonyl (C=O) groups is 1. The van der Waals surface area contributed by atoms with Gasteiger partial charge < -0.3 is 4.74 Å². The van der Waals surface area contributed by atoms with Crippen molar-refractivity contribution in [2.24, 2.45) is 0 Å². The Kier molecular flexibility index (Phi) is 5.65. The van der Waals surface area contributed by atoms with Crippen molar-refractivity contribution in [2.75, 3.05) is 5.32 Å². The van der Waals surface area contributed by atoms with Crippen molar-refractivity contribution in [3.63, 3.8) is 0 Å². The first-order valence-electron chi connectivity index (χ1n) is 7.85. The van der Waals surface area contributed by atoms with Gasteiger partial charge in [-0.1, -0.05) is 41.9 Å². The quantitative estimate of drug-likeness (QED) is 0.697. The summed E-state index contributed by atoms with van der Waals surface area (Å²) in [5.74, 6) is 0. The summed E-state index contributed by atoms with van der Waals surface area (Å²) in [7, 11) is 0. The van der Waals surface area contributed by atoms with Crippen molar-refractivity contribution in [1.82, 2.24) is 4.98 Å². The van der Waals surface area contributed by atoms with Crippen LogP contribution < -0.4 is 5.32 Å². The molecule has 1 aromatic heterocycles. The lowest BCUT2D eigenvalue weighted by Crippen LogP contribution is -2.13. The highest BCUT2D eigenvalue weighted by Gasteiger charge is 2.04. The lowest BCUT2D eigenvalue weighted by molar-refractivity contribution is 0.155. The van der Waals surface area contributed by atoms with Crippen LogP contribution in [0.25, 0.3) is 0 Å². The predicted molar refractivity (Wildman–Crippen MR) is 98.7 cm³/mol. The normalized spacial score (nSPS) is 10.3. The monoisotopic (exact) mass is 352 g/mol. The maximum atomic E-state index is 11.9. The first-order chi connectivity index (χ1) is 12.2. The number of ether oxygens (including phenoxy) is 1. The van der Waals surface area contributed by atoms with E-state index < -0.39 is 6.09 Å². The van der Waals surface area contributed by atoms with Gasteiger partial charge in [-0.15, -0.1) is 0 Å². The molecule has 3 aromatic rings. The summed E-state index contributed by atoms with van der Waals surface area (Å²) < 4.78 is 5.20. The zero-order valence-corrected chi connectivity index (χ0v) is 14.2. The van der Waals surface area contributed by atoms with Gasteiger partial charge in [-0.05, 0) is 53.4 Å². The second kappa shape index (κ2) is 8.31. The van der Waals surface area contributed by atoms with Gasteiger partial charge in [0.05, 0.1) is 0 Å². The molecular formula is C20H17ClN2O2. The Balaban J connectivity index is 1.50. The van der Waals surface area contributed by atoms with Crippen LogP contribution in [-0.2, 0) is 17.8 Å². The Bertz CT molecular complexity index is 819. The van der Waals surface area contributed by atoms with Gasteiger partial charge >= 0.3 is 6.09 Å². The highest BCUT2D eigenvalue weighted by molar-refractivity contribution is 6.30. The summed E-state index contributed by atoms with van der Waals surface area (Å²) in [6.07, 6.45) is 3.91. The van der Waals surface area contributed by atoms with Crippen LogP contribution in [-0.4, -0.2) is 11.1 Å². The smallest absolute Gasteiger partial charge is 0.411 e. The molecule has 0 spiro atoms. The summed E-state index contributed by atoms with van der Waals surface area (Å²) in [6.45, 7) is 0.197. The molecule has 2 aromatic carbocycles. The van der Waals surface area contributed by atoms with Crippen LogP contribution in [0.4, 0.5) is 10.5 Å². The van der Waals surface area contributed by atoms with Gasteiger partial charge in [-0.2, -0.15) is 0 Å². The number of benzene rings is 2. The summed E-state index contributed by atoms with van der Waals surface area (Å²) in [5, 5.41) is 3.37. The number of aromatic nitrogens is 1. The van der Waals surface area contributed by atoms with E-state index in [0.29, 0.717) is 10.7 Å². The van der Waals surface area contributed by atoms with E-state index in [4.69, 9.17) is 16.3 Å². The molecule has 126 valence electrons. The molecule has 1 N–H and O–H groups in total.